The van der Waals surface area contributed by atoms with Gasteiger partial charge in [0, 0.05) is 25.3 Å². The van der Waals surface area contributed by atoms with Crippen LogP contribution in [0.4, 0.5) is 5.82 Å². The molecule has 4 rings (SSSR count). The lowest BCUT2D eigenvalue weighted by Gasteiger charge is -2.36. The van der Waals surface area contributed by atoms with Gasteiger partial charge in [0.25, 0.3) is 0 Å². The Morgan fingerprint density at radius 2 is 1.55 bits per heavy atom. The highest BCUT2D eigenvalue weighted by Crippen LogP contribution is 2.37. The van der Waals surface area contributed by atoms with E-state index in [2.05, 4.69) is 17.0 Å². The molecule has 2 aliphatic rings. The van der Waals surface area contributed by atoms with Crippen LogP contribution in [-0.4, -0.2) is 37.3 Å². The minimum Gasteiger partial charge on any atom is -0.357 e. The quantitative estimate of drug-likeness (QED) is 0.735. The van der Waals surface area contributed by atoms with Crippen molar-refractivity contribution in [2.75, 3.05) is 24.5 Å². The second kappa shape index (κ2) is 8.44. The standard InChI is InChI=1S/C23H31N3O2S/c1-18-9-11-20(12-10-18)29(27,28)26-17-7-4-8-22(26)21-13-14-23(24-19(21)2)25-15-5-3-6-16-25/h9-14,22H,3-8,15-17H2,1-2H3/t22-/m1/s1. The summed E-state index contributed by atoms with van der Waals surface area (Å²) in [5, 5.41) is 0. The first kappa shape index (κ1) is 20.4. The number of anilines is 1. The van der Waals surface area contributed by atoms with E-state index in [4.69, 9.17) is 4.98 Å². The van der Waals surface area contributed by atoms with E-state index in [0.29, 0.717) is 11.4 Å². The predicted molar refractivity (Wildman–Crippen MR) is 117 cm³/mol. The van der Waals surface area contributed by atoms with Crippen LogP contribution < -0.4 is 4.90 Å². The molecule has 5 nitrogen and oxygen atoms in total. The van der Waals surface area contributed by atoms with Crippen molar-refractivity contribution in [3.63, 3.8) is 0 Å². The summed E-state index contributed by atoms with van der Waals surface area (Å²) in [6.45, 7) is 6.67. The molecule has 6 heteroatoms. The van der Waals surface area contributed by atoms with Crippen molar-refractivity contribution in [2.24, 2.45) is 0 Å². The maximum Gasteiger partial charge on any atom is 0.243 e. The number of hydrogen-bond acceptors (Lipinski definition) is 4. The topological polar surface area (TPSA) is 53.5 Å². The van der Waals surface area contributed by atoms with Gasteiger partial charge in [-0.1, -0.05) is 30.2 Å². The fourth-order valence-electron chi connectivity index (χ4n) is 4.56. The molecule has 2 fully saturated rings. The van der Waals surface area contributed by atoms with Gasteiger partial charge in [0.2, 0.25) is 10.0 Å². The summed E-state index contributed by atoms with van der Waals surface area (Å²) < 4.78 is 28.5. The maximum absolute atomic E-state index is 13.4. The Morgan fingerprint density at radius 1 is 0.862 bits per heavy atom. The fourth-order valence-corrected chi connectivity index (χ4v) is 6.23. The number of aryl methyl sites for hydroxylation is 2. The minimum absolute atomic E-state index is 0.141. The summed E-state index contributed by atoms with van der Waals surface area (Å²) >= 11 is 0. The molecule has 0 radical (unpaired) electrons. The monoisotopic (exact) mass is 413 g/mol. The average molecular weight is 414 g/mol. The van der Waals surface area contributed by atoms with Gasteiger partial charge in [0.05, 0.1) is 10.9 Å². The lowest BCUT2D eigenvalue weighted by molar-refractivity contribution is 0.255. The summed E-state index contributed by atoms with van der Waals surface area (Å²) in [5.41, 5.74) is 3.05. The first-order chi connectivity index (χ1) is 14.0. The zero-order valence-corrected chi connectivity index (χ0v) is 18.3. The van der Waals surface area contributed by atoms with Crippen molar-refractivity contribution in [1.29, 1.82) is 0 Å². The van der Waals surface area contributed by atoms with Gasteiger partial charge >= 0.3 is 0 Å². The van der Waals surface area contributed by atoms with E-state index in [1.54, 1.807) is 16.4 Å². The number of sulfonamides is 1. The van der Waals surface area contributed by atoms with Crippen molar-refractivity contribution in [2.45, 2.75) is 63.3 Å². The number of aromatic nitrogens is 1. The van der Waals surface area contributed by atoms with Crippen LogP contribution in [-0.2, 0) is 10.0 Å². The van der Waals surface area contributed by atoms with Crippen molar-refractivity contribution in [3.05, 3.63) is 53.2 Å². The zero-order valence-electron chi connectivity index (χ0n) is 17.5. The number of nitrogens with zero attached hydrogens (tertiary/aromatic N) is 3. The molecular formula is C23H31N3O2S. The average Bonchev–Trinajstić information content (AvgIpc) is 2.75. The van der Waals surface area contributed by atoms with Crippen molar-refractivity contribution in [1.82, 2.24) is 9.29 Å². The second-order valence-electron chi connectivity index (χ2n) is 8.33. The van der Waals surface area contributed by atoms with Crippen LogP contribution in [0.15, 0.2) is 41.3 Å². The Morgan fingerprint density at radius 3 is 2.24 bits per heavy atom. The van der Waals surface area contributed by atoms with Crippen molar-refractivity contribution < 1.29 is 8.42 Å². The zero-order chi connectivity index (χ0) is 20.4. The van der Waals surface area contributed by atoms with Gasteiger partial charge in [-0.2, -0.15) is 4.31 Å². The van der Waals surface area contributed by atoms with Crippen molar-refractivity contribution in [3.8, 4) is 0 Å². The summed E-state index contributed by atoms with van der Waals surface area (Å²) in [5.74, 6) is 1.02. The van der Waals surface area contributed by atoms with Gasteiger partial charge in [-0.15, -0.1) is 0 Å². The molecule has 29 heavy (non-hydrogen) atoms. The fraction of sp³-hybridized carbons (Fsp3) is 0.522. The van der Waals surface area contributed by atoms with Gasteiger partial charge < -0.3 is 4.90 Å². The van der Waals surface area contributed by atoms with Crippen LogP contribution in [0.25, 0.3) is 0 Å². The molecule has 1 aromatic carbocycles. The number of pyridine rings is 1. The first-order valence-electron chi connectivity index (χ1n) is 10.8. The third-order valence-corrected chi connectivity index (χ3v) is 8.15. The van der Waals surface area contributed by atoms with Crippen LogP contribution in [0.3, 0.4) is 0 Å². The number of piperidine rings is 2. The lowest BCUT2D eigenvalue weighted by atomic mass is 9.96. The van der Waals surface area contributed by atoms with Crippen LogP contribution in [0, 0.1) is 13.8 Å². The van der Waals surface area contributed by atoms with E-state index in [1.807, 2.05) is 26.0 Å². The van der Waals surface area contributed by atoms with Crippen LogP contribution in [0.2, 0.25) is 0 Å². The normalized spacial score (nSPS) is 21.3. The minimum atomic E-state index is -3.53. The predicted octanol–water partition coefficient (Wildman–Crippen LogP) is 4.60. The van der Waals surface area contributed by atoms with Crippen LogP contribution in [0.5, 0.6) is 0 Å². The number of hydrogen-bond donors (Lipinski definition) is 0. The lowest BCUT2D eigenvalue weighted by Crippen LogP contribution is -2.39. The molecule has 2 aromatic rings. The molecule has 0 saturated carbocycles. The van der Waals surface area contributed by atoms with Gasteiger partial charge in [-0.05, 0) is 69.7 Å². The SMILES string of the molecule is Cc1ccc(S(=O)(=O)N2CCCC[C@@H]2c2ccc(N3CCCCC3)nc2C)cc1. The number of rotatable bonds is 4. The molecule has 0 N–H and O–H groups in total. The van der Waals surface area contributed by atoms with Gasteiger partial charge in [0.15, 0.2) is 0 Å². The smallest absolute Gasteiger partial charge is 0.243 e. The molecule has 0 aliphatic carbocycles. The van der Waals surface area contributed by atoms with Gasteiger partial charge in [0.1, 0.15) is 5.82 Å². The molecular weight excluding hydrogens is 382 g/mol. The first-order valence-corrected chi connectivity index (χ1v) is 12.2. The third kappa shape index (κ3) is 4.19. The Hall–Kier alpha value is -1.92. The molecule has 0 spiro atoms. The Bertz CT molecular complexity index is 951. The summed E-state index contributed by atoms with van der Waals surface area (Å²) in [4.78, 5) is 7.61. The van der Waals surface area contributed by atoms with Crippen LogP contribution in [0.1, 0.15) is 61.4 Å². The highest BCUT2D eigenvalue weighted by atomic mass is 32.2. The largest absolute Gasteiger partial charge is 0.357 e. The van der Waals surface area contributed by atoms with Crippen molar-refractivity contribution >= 4 is 15.8 Å². The third-order valence-electron chi connectivity index (χ3n) is 6.23. The molecule has 2 aliphatic heterocycles. The highest BCUT2D eigenvalue weighted by molar-refractivity contribution is 7.89. The molecule has 2 saturated heterocycles. The summed E-state index contributed by atoms with van der Waals surface area (Å²) in [6, 6.07) is 11.2. The van der Waals surface area contributed by atoms with Gasteiger partial charge in [-0.3, -0.25) is 0 Å². The van der Waals surface area contributed by atoms with Gasteiger partial charge in [-0.25, -0.2) is 13.4 Å². The van der Waals surface area contributed by atoms with E-state index in [9.17, 15) is 8.42 Å². The Balaban J connectivity index is 1.64. The van der Waals surface area contributed by atoms with E-state index in [0.717, 1.165) is 55.0 Å². The number of benzene rings is 1. The van der Waals surface area contributed by atoms with Crippen LogP contribution >= 0.6 is 0 Å². The molecule has 156 valence electrons. The molecule has 1 atom stereocenters. The molecule has 1 aromatic heterocycles. The molecule has 0 bridgehead atoms. The molecule has 0 unspecified atom stereocenters. The highest BCUT2D eigenvalue weighted by Gasteiger charge is 2.35. The van der Waals surface area contributed by atoms with E-state index in [-0.39, 0.29) is 6.04 Å². The Labute approximate surface area is 174 Å². The van der Waals surface area contributed by atoms with E-state index >= 15 is 0 Å². The summed E-state index contributed by atoms with van der Waals surface area (Å²) in [6.07, 6.45) is 6.51. The van der Waals surface area contributed by atoms with E-state index in [1.165, 1.54) is 19.3 Å². The van der Waals surface area contributed by atoms with E-state index < -0.39 is 10.0 Å². The molecule has 3 heterocycles. The summed E-state index contributed by atoms with van der Waals surface area (Å²) in [7, 11) is -3.53. The maximum atomic E-state index is 13.4. The Kier molecular flexibility index (Phi) is 5.93. The second-order valence-corrected chi connectivity index (χ2v) is 10.2. The molecule has 0 amide bonds.